The van der Waals surface area contributed by atoms with Gasteiger partial charge in [-0.25, -0.2) is 0 Å². The summed E-state index contributed by atoms with van der Waals surface area (Å²) in [5.74, 6) is 0.893. The fourth-order valence-corrected chi connectivity index (χ4v) is 2.88. The van der Waals surface area contributed by atoms with Crippen molar-refractivity contribution >= 4 is 0 Å². The zero-order chi connectivity index (χ0) is 11.5. The van der Waals surface area contributed by atoms with Gasteiger partial charge in [0.05, 0.1) is 0 Å². The molecule has 1 aliphatic heterocycles. The molecule has 0 radical (unpaired) electrons. The number of piperidine rings is 1. The first kappa shape index (κ1) is 11.3. The standard InChI is InChI=1S/C16H23N/c1-2-12-17-16(3-1)11-6-13-4-7-14(8-5-13)15-9-10-15/h4-5,7-8,15-17H,1-3,6,9-12H2. The van der Waals surface area contributed by atoms with Crippen molar-refractivity contribution in [3.63, 3.8) is 0 Å². The Hall–Kier alpha value is -0.820. The van der Waals surface area contributed by atoms with Crippen LogP contribution in [0, 0.1) is 0 Å². The van der Waals surface area contributed by atoms with E-state index >= 15 is 0 Å². The molecule has 0 spiro atoms. The SMILES string of the molecule is c1cc(C2CC2)ccc1CCC1CCCCN1. The zero-order valence-electron chi connectivity index (χ0n) is 10.6. The van der Waals surface area contributed by atoms with Crippen LogP contribution in [-0.4, -0.2) is 12.6 Å². The maximum atomic E-state index is 3.63. The van der Waals surface area contributed by atoms with Gasteiger partial charge in [-0.3, -0.25) is 0 Å². The van der Waals surface area contributed by atoms with Crippen molar-refractivity contribution in [2.45, 2.75) is 56.9 Å². The minimum atomic E-state index is 0.770. The highest BCUT2D eigenvalue weighted by atomic mass is 14.9. The van der Waals surface area contributed by atoms with Gasteiger partial charge in [-0.1, -0.05) is 30.7 Å². The fourth-order valence-electron chi connectivity index (χ4n) is 2.88. The molecule has 2 fully saturated rings. The van der Waals surface area contributed by atoms with Crippen LogP contribution in [0.2, 0.25) is 0 Å². The van der Waals surface area contributed by atoms with Gasteiger partial charge >= 0.3 is 0 Å². The number of hydrogen-bond donors (Lipinski definition) is 1. The van der Waals surface area contributed by atoms with Gasteiger partial charge in [-0.05, 0) is 62.1 Å². The van der Waals surface area contributed by atoms with Gasteiger partial charge in [0.2, 0.25) is 0 Å². The van der Waals surface area contributed by atoms with E-state index in [4.69, 9.17) is 0 Å². The molecule has 1 atom stereocenters. The highest BCUT2D eigenvalue weighted by Crippen LogP contribution is 2.39. The van der Waals surface area contributed by atoms with Gasteiger partial charge < -0.3 is 5.32 Å². The van der Waals surface area contributed by atoms with Crippen LogP contribution in [0.4, 0.5) is 0 Å². The first-order valence-electron chi connectivity index (χ1n) is 7.24. The molecule has 0 aromatic heterocycles. The van der Waals surface area contributed by atoms with Crippen LogP contribution >= 0.6 is 0 Å². The molecular formula is C16H23N. The molecule has 0 bridgehead atoms. The lowest BCUT2D eigenvalue weighted by molar-refractivity contribution is 0.383. The molecule has 1 heteroatoms. The summed E-state index contributed by atoms with van der Waals surface area (Å²) in [7, 11) is 0. The second kappa shape index (κ2) is 5.22. The molecule has 1 saturated heterocycles. The van der Waals surface area contributed by atoms with Crippen LogP contribution in [0.3, 0.4) is 0 Å². The minimum absolute atomic E-state index is 0.770. The number of benzene rings is 1. The largest absolute Gasteiger partial charge is 0.314 e. The lowest BCUT2D eigenvalue weighted by atomic mass is 9.97. The third-order valence-electron chi connectivity index (χ3n) is 4.22. The summed E-state index contributed by atoms with van der Waals surface area (Å²) in [6, 6.07) is 10.2. The van der Waals surface area contributed by atoms with E-state index in [-0.39, 0.29) is 0 Å². The first-order valence-corrected chi connectivity index (χ1v) is 7.24. The summed E-state index contributed by atoms with van der Waals surface area (Å²) in [4.78, 5) is 0. The van der Waals surface area contributed by atoms with Gasteiger partial charge in [0, 0.05) is 6.04 Å². The van der Waals surface area contributed by atoms with Crippen LogP contribution in [0.5, 0.6) is 0 Å². The minimum Gasteiger partial charge on any atom is -0.314 e. The topological polar surface area (TPSA) is 12.0 Å². The average Bonchev–Trinajstić information content (AvgIpc) is 3.23. The average molecular weight is 229 g/mol. The molecule has 3 rings (SSSR count). The second-order valence-electron chi connectivity index (χ2n) is 5.70. The Kier molecular flexibility index (Phi) is 3.46. The van der Waals surface area contributed by atoms with E-state index < -0.39 is 0 Å². The van der Waals surface area contributed by atoms with Crippen LogP contribution < -0.4 is 5.32 Å². The third-order valence-corrected chi connectivity index (χ3v) is 4.22. The van der Waals surface area contributed by atoms with Crippen molar-refractivity contribution in [3.8, 4) is 0 Å². The monoisotopic (exact) mass is 229 g/mol. The first-order chi connectivity index (χ1) is 8.42. The fraction of sp³-hybridized carbons (Fsp3) is 0.625. The summed E-state index contributed by atoms with van der Waals surface area (Å²) in [5, 5.41) is 3.63. The van der Waals surface area contributed by atoms with E-state index in [0.29, 0.717) is 0 Å². The molecule has 1 aromatic carbocycles. The molecule has 1 saturated carbocycles. The summed E-state index contributed by atoms with van der Waals surface area (Å²) >= 11 is 0. The Labute approximate surface area is 105 Å². The van der Waals surface area contributed by atoms with E-state index in [9.17, 15) is 0 Å². The normalized spacial score (nSPS) is 24.8. The highest BCUT2D eigenvalue weighted by molar-refractivity contribution is 5.28. The Balaban J connectivity index is 1.50. The van der Waals surface area contributed by atoms with Crippen LogP contribution in [0.1, 0.15) is 55.6 Å². The van der Waals surface area contributed by atoms with Crippen molar-refractivity contribution in [1.82, 2.24) is 5.32 Å². The molecule has 2 aliphatic rings. The van der Waals surface area contributed by atoms with Crippen molar-refractivity contribution in [2.75, 3.05) is 6.54 Å². The molecule has 0 amide bonds. The van der Waals surface area contributed by atoms with Gasteiger partial charge in [0.1, 0.15) is 0 Å². The maximum Gasteiger partial charge on any atom is 0.00702 e. The van der Waals surface area contributed by atoms with E-state index in [1.807, 2.05) is 0 Å². The van der Waals surface area contributed by atoms with Gasteiger partial charge in [-0.2, -0.15) is 0 Å². The second-order valence-corrected chi connectivity index (χ2v) is 5.70. The number of aryl methyl sites for hydroxylation is 1. The van der Waals surface area contributed by atoms with Gasteiger partial charge in [0.15, 0.2) is 0 Å². The number of rotatable bonds is 4. The molecule has 1 nitrogen and oxygen atoms in total. The van der Waals surface area contributed by atoms with E-state index in [1.165, 1.54) is 57.1 Å². The lowest BCUT2D eigenvalue weighted by Gasteiger charge is -2.23. The van der Waals surface area contributed by atoms with E-state index in [0.717, 1.165) is 12.0 Å². The summed E-state index contributed by atoms with van der Waals surface area (Å²) in [6.07, 6.45) is 9.52. The maximum absolute atomic E-state index is 3.63. The zero-order valence-corrected chi connectivity index (χ0v) is 10.6. The molecular weight excluding hydrogens is 206 g/mol. The quantitative estimate of drug-likeness (QED) is 0.831. The van der Waals surface area contributed by atoms with E-state index in [2.05, 4.69) is 29.6 Å². The Morgan fingerprint density at radius 1 is 1.00 bits per heavy atom. The van der Waals surface area contributed by atoms with Crippen LogP contribution in [0.25, 0.3) is 0 Å². The highest BCUT2D eigenvalue weighted by Gasteiger charge is 2.22. The number of nitrogens with one attached hydrogen (secondary N) is 1. The van der Waals surface area contributed by atoms with E-state index in [1.54, 1.807) is 5.56 Å². The van der Waals surface area contributed by atoms with Crippen molar-refractivity contribution in [3.05, 3.63) is 35.4 Å². The van der Waals surface area contributed by atoms with Gasteiger partial charge in [-0.15, -0.1) is 0 Å². The smallest absolute Gasteiger partial charge is 0.00702 e. The lowest BCUT2D eigenvalue weighted by Crippen LogP contribution is -2.34. The Morgan fingerprint density at radius 3 is 2.47 bits per heavy atom. The van der Waals surface area contributed by atoms with Crippen LogP contribution in [0.15, 0.2) is 24.3 Å². The Morgan fingerprint density at radius 2 is 1.82 bits per heavy atom. The molecule has 1 aliphatic carbocycles. The molecule has 1 heterocycles. The predicted octanol–water partition coefficient (Wildman–Crippen LogP) is 3.64. The van der Waals surface area contributed by atoms with Crippen LogP contribution in [-0.2, 0) is 6.42 Å². The Bertz CT molecular complexity index is 344. The van der Waals surface area contributed by atoms with Gasteiger partial charge in [0.25, 0.3) is 0 Å². The molecule has 92 valence electrons. The third kappa shape index (κ3) is 3.10. The molecule has 1 N–H and O–H groups in total. The number of hydrogen-bond acceptors (Lipinski definition) is 1. The summed E-state index contributed by atoms with van der Waals surface area (Å²) < 4.78 is 0. The molecule has 1 aromatic rings. The predicted molar refractivity (Wildman–Crippen MR) is 72.4 cm³/mol. The molecule has 1 unspecified atom stereocenters. The van der Waals surface area contributed by atoms with Crippen molar-refractivity contribution in [1.29, 1.82) is 0 Å². The van der Waals surface area contributed by atoms with Crippen molar-refractivity contribution < 1.29 is 0 Å². The van der Waals surface area contributed by atoms with Crippen molar-refractivity contribution in [2.24, 2.45) is 0 Å². The molecule has 17 heavy (non-hydrogen) atoms. The summed E-state index contributed by atoms with van der Waals surface area (Å²) in [5.41, 5.74) is 3.08. The summed E-state index contributed by atoms with van der Waals surface area (Å²) in [6.45, 7) is 1.23.